The van der Waals surface area contributed by atoms with Crippen LogP contribution in [0.2, 0.25) is 0 Å². The van der Waals surface area contributed by atoms with Gasteiger partial charge in [-0.3, -0.25) is 13.9 Å². The fraction of sp³-hybridized carbons (Fsp3) is 0.417. The molecule has 0 aliphatic heterocycles. The molecule has 8 nitrogen and oxygen atoms in total. The van der Waals surface area contributed by atoms with Crippen LogP contribution < -0.4 is 14.4 Å². The molecule has 0 spiro atoms. The van der Waals surface area contributed by atoms with E-state index in [1.807, 2.05) is 37.3 Å². The maximum Gasteiger partial charge on any atom is 0.242 e. The van der Waals surface area contributed by atoms with Crippen LogP contribution in [0.3, 0.4) is 0 Å². The summed E-state index contributed by atoms with van der Waals surface area (Å²) in [7, 11) is -0.562. The van der Waals surface area contributed by atoms with E-state index in [-0.39, 0.29) is 24.8 Å². The van der Waals surface area contributed by atoms with E-state index in [9.17, 15) is 18.0 Å². The van der Waals surface area contributed by atoms with Gasteiger partial charge < -0.3 is 15.0 Å². The molecule has 0 aliphatic carbocycles. The van der Waals surface area contributed by atoms with E-state index in [0.717, 1.165) is 11.8 Å². The van der Waals surface area contributed by atoms with E-state index in [4.69, 9.17) is 4.74 Å². The molecule has 1 N–H and O–H groups in total. The predicted molar refractivity (Wildman–Crippen MR) is 130 cm³/mol. The molecule has 1 atom stereocenters. The molecule has 0 saturated carbocycles. The number of likely N-dealkylation sites (N-methyl/N-ethyl adjacent to an activating group) is 1. The third-order valence-corrected chi connectivity index (χ3v) is 6.51. The number of rotatable bonds is 12. The Kier molecular flexibility index (Phi) is 9.72. The maximum atomic E-state index is 13.2. The van der Waals surface area contributed by atoms with Crippen LogP contribution in [-0.4, -0.2) is 58.1 Å². The van der Waals surface area contributed by atoms with Crippen LogP contribution in [0.25, 0.3) is 0 Å². The molecule has 9 heteroatoms. The quantitative estimate of drug-likeness (QED) is 0.509. The van der Waals surface area contributed by atoms with Crippen molar-refractivity contribution in [1.29, 1.82) is 0 Å². The number of nitrogens with zero attached hydrogens (tertiary/aromatic N) is 2. The third kappa shape index (κ3) is 7.21. The number of methoxy groups -OCH3 is 1. The summed E-state index contributed by atoms with van der Waals surface area (Å²) in [4.78, 5) is 27.2. The molecule has 180 valence electrons. The normalized spacial score (nSPS) is 12.0. The minimum Gasteiger partial charge on any atom is -0.495 e. The molecule has 0 bridgehead atoms. The number of para-hydroxylation sites is 2. The van der Waals surface area contributed by atoms with Crippen LogP contribution in [0.1, 0.15) is 31.7 Å². The Balaban J connectivity index is 2.19. The first-order valence-corrected chi connectivity index (χ1v) is 12.7. The van der Waals surface area contributed by atoms with Gasteiger partial charge in [-0.1, -0.05) is 49.4 Å². The van der Waals surface area contributed by atoms with Crippen LogP contribution in [0.15, 0.2) is 54.6 Å². The van der Waals surface area contributed by atoms with Gasteiger partial charge in [0.1, 0.15) is 11.8 Å². The highest BCUT2D eigenvalue weighted by Gasteiger charge is 2.28. The number of hydrogen-bond acceptors (Lipinski definition) is 5. The maximum absolute atomic E-state index is 13.2. The summed E-state index contributed by atoms with van der Waals surface area (Å²) in [5.41, 5.74) is 1.34. The fourth-order valence-electron chi connectivity index (χ4n) is 3.68. The van der Waals surface area contributed by atoms with Gasteiger partial charge in [0.25, 0.3) is 0 Å². The van der Waals surface area contributed by atoms with Crippen molar-refractivity contribution < 1.29 is 22.7 Å². The highest BCUT2D eigenvalue weighted by molar-refractivity contribution is 7.92. The Morgan fingerprint density at radius 1 is 1.06 bits per heavy atom. The van der Waals surface area contributed by atoms with Crippen molar-refractivity contribution >= 4 is 27.5 Å². The van der Waals surface area contributed by atoms with Gasteiger partial charge in [-0.05, 0) is 30.5 Å². The molecular formula is C24H33N3O5S. The molecule has 0 fully saturated rings. The highest BCUT2D eigenvalue weighted by Crippen LogP contribution is 2.29. The number of hydrogen-bond donors (Lipinski definition) is 1. The summed E-state index contributed by atoms with van der Waals surface area (Å²) in [6, 6.07) is 15.7. The van der Waals surface area contributed by atoms with Gasteiger partial charge in [0.05, 0.1) is 19.1 Å². The number of ether oxygens (including phenoxy) is 1. The van der Waals surface area contributed by atoms with Gasteiger partial charge in [-0.15, -0.1) is 0 Å². The predicted octanol–water partition coefficient (Wildman–Crippen LogP) is 2.79. The average molecular weight is 476 g/mol. The van der Waals surface area contributed by atoms with E-state index >= 15 is 0 Å². The molecular weight excluding hydrogens is 442 g/mol. The standard InChI is InChI=1S/C24H33N3O5S/c1-5-20(24(29)25-2)26(18-19-12-7-6-8-13-19)23(28)16-11-17-27(33(4,30)31)21-14-9-10-15-22(21)32-3/h6-10,12-15,20H,5,11,16-18H2,1-4H3,(H,25,29)/t20-/m1/s1. The second-order valence-electron chi connectivity index (χ2n) is 7.66. The molecule has 0 aliphatic rings. The van der Waals surface area contributed by atoms with E-state index in [2.05, 4.69) is 5.32 Å². The smallest absolute Gasteiger partial charge is 0.242 e. The summed E-state index contributed by atoms with van der Waals surface area (Å²) in [5, 5.41) is 2.63. The van der Waals surface area contributed by atoms with Crippen LogP contribution in [-0.2, 0) is 26.2 Å². The second-order valence-corrected chi connectivity index (χ2v) is 9.56. The number of nitrogens with one attached hydrogen (secondary N) is 1. The summed E-state index contributed by atoms with van der Waals surface area (Å²) >= 11 is 0. The van der Waals surface area contributed by atoms with Crippen molar-refractivity contribution in [3.8, 4) is 5.75 Å². The zero-order valence-corrected chi connectivity index (χ0v) is 20.5. The Bertz CT molecular complexity index is 1030. The monoisotopic (exact) mass is 475 g/mol. The molecule has 0 radical (unpaired) electrons. The zero-order chi connectivity index (χ0) is 24.4. The molecule has 0 heterocycles. The van der Waals surface area contributed by atoms with Gasteiger partial charge in [0.2, 0.25) is 21.8 Å². The van der Waals surface area contributed by atoms with Crippen LogP contribution in [0, 0.1) is 0 Å². The lowest BCUT2D eigenvalue weighted by Crippen LogP contribution is -2.48. The Hall–Kier alpha value is -3.07. The molecule has 2 amide bonds. The lowest BCUT2D eigenvalue weighted by molar-refractivity contribution is -0.141. The van der Waals surface area contributed by atoms with Crippen molar-refractivity contribution in [2.75, 3.05) is 31.3 Å². The van der Waals surface area contributed by atoms with Crippen molar-refractivity contribution in [3.63, 3.8) is 0 Å². The number of benzene rings is 2. The molecule has 2 aromatic rings. The number of amides is 2. The second kappa shape index (κ2) is 12.2. The fourth-order valence-corrected chi connectivity index (χ4v) is 4.65. The van der Waals surface area contributed by atoms with Gasteiger partial charge in [-0.2, -0.15) is 0 Å². The van der Waals surface area contributed by atoms with Gasteiger partial charge in [0, 0.05) is 26.6 Å². The lowest BCUT2D eigenvalue weighted by Gasteiger charge is -2.31. The molecule has 0 saturated heterocycles. The average Bonchev–Trinajstić information content (AvgIpc) is 2.81. The summed E-state index contributed by atoms with van der Waals surface area (Å²) < 4.78 is 31.5. The minimum absolute atomic E-state index is 0.0987. The number of carbonyl (C=O) groups is 2. The lowest BCUT2D eigenvalue weighted by atomic mass is 10.1. The van der Waals surface area contributed by atoms with Crippen molar-refractivity contribution in [3.05, 3.63) is 60.2 Å². The van der Waals surface area contributed by atoms with Crippen LogP contribution in [0.4, 0.5) is 5.69 Å². The van der Waals surface area contributed by atoms with E-state index < -0.39 is 16.1 Å². The van der Waals surface area contributed by atoms with E-state index in [0.29, 0.717) is 30.8 Å². The van der Waals surface area contributed by atoms with Gasteiger partial charge >= 0.3 is 0 Å². The highest BCUT2D eigenvalue weighted by atomic mass is 32.2. The summed E-state index contributed by atoms with van der Waals surface area (Å²) in [6.45, 7) is 2.27. The first kappa shape index (κ1) is 26.2. The Morgan fingerprint density at radius 2 is 1.70 bits per heavy atom. The van der Waals surface area contributed by atoms with Crippen molar-refractivity contribution in [2.45, 2.75) is 38.8 Å². The molecule has 0 aromatic heterocycles. The van der Waals surface area contributed by atoms with Crippen molar-refractivity contribution in [1.82, 2.24) is 10.2 Å². The first-order chi connectivity index (χ1) is 15.7. The molecule has 0 unspecified atom stereocenters. The number of carbonyl (C=O) groups excluding carboxylic acids is 2. The SMILES string of the molecule is CC[C@H](C(=O)NC)N(Cc1ccccc1)C(=O)CCCN(c1ccccc1OC)S(C)(=O)=O. The van der Waals surface area contributed by atoms with E-state index in [1.165, 1.54) is 11.4 Å². The minimum atomic E-state index is -3.59. The van der Waals surface area contributed by atoms with Gasteiger partial charge in [-0.25, -0.2) is 8.42 Å². The van der Waals surface area contributed by atoms with Gasteiger partial charge in [0.15, 0.2) is 0 Å². The zero-order valence-electron chi connectivity index (χ0n) is 19.7. The van der Waals surface area contributed by atoms with Crippen LogP contribution in [0.5, 0.6) is 5.75 Å². The third-order valence-electron chi connectivity index (χ3n) is 5.33. The van der Waals surface area contributed by atoms with Crippen LogP contribution >= 0.6 is 0 Å². The number of anilines is 1. The molecule has 33 heavy (non-hydrogen) atoms. The number of sulfonamides is 1. The summed E-state index contributed by atoms with van der Waals surface area (Å²) in [5.74, 6) is 0.00182. The molecule has 2 rings (SSSR count). The van der Waals surface area contributed by atoms with E-state index in [1.54, 1.807) is 36.2 Å². The Morgan fingerprint density at radius 3 is 2.27 bits per heavy atom. The van der Waals surface area contributed by atoms with Crippen molar-refractivity contribution in [2.24, 2.45) is 0 Å². The Labute approximate surface area is 196 Å². The topological polar surface area (TPSA) is 96.0 Å². The first-order valence-electron chi connectivity index (χ1n) is 10.9. The molecule has 2 aromatic carbocycles. The largest absolute Gasteiger partial charge is 0.495 e. The summed E-state index contributed by atoms with van der Waals surface area (Å²) in [6.07, 6.45) is 1.98.